The molecule has 0 unspecified atom stereocenters. The second kappa shape index (κ2) is 9.31. The molecule has 3 aromatic heterocycles. The molecule has 176 valence electrons. The Morgan fingerprint density at radius 3 is 2.59 bits per heavy atom. The molecule has 0 bridgehead atoms. The molecule has 4 aromatic rings. The van der Waals surface area contributed by atoms with Crippen LogP contribution in [0.2, 0.25) is 5.02 Å². The van der Waals surface area contributed by atoms with Crippen LogP contribution in [-0.4, -0.2) is 29.3 Å². The first-order valence-corrected chi connectivity index (χ1v) is 11.8. The zero-order chi connectivity index (χ0) is 24.6. The van der Waals surface area contributed by atoms with Gasteiger partial charge in [0, 0.05) is 30.4 Å². The van der Waals surface area contributed by atoms with Gasteiger partial charge in [-0.25, -0.2) is 9.97 Å². The number of hydrogen-bond donors (Lipinski definition) is 0. The molecule has 0 saturated carbocycles. The Balaban J connectivity index is 1.73. The van der Waals surface area contributed by atoms with Crippen molar-refractivity contribution in [1.29, 1.82) is 0 Å². The van der Waals surface area contributed by atoms with Crippen molar-refractivity contribution >= 4 is 27.5 Å². The minimum atomic E-state index is -0.333. The zero-order valence-corrected chi connectivity index (χ0v) is 21.8. The standard InChI is InChI=1S/C24H24BrClN6O2/c1-14-28-21(34-13-16-9-11-31(5)30-16)20(25)22(33)32(14)19-12-15(6-7-17(19)26)18-8-10-27-23(29-18)24(2,3)4/h6-12H,13H2,1-5H3. The molecule has 0 saturated heterocycles. The molecule has 34 heavy (non-hydrogen) atoms. The molecule has 0 aliphatic rings. The highest BCUT2D eigenvalue weighted by Gasteiger charge is 2.20. The minimum absolute atomic E-state index is 0.190. The molecule has 0 atom stereocenters. The summed E-state index contributed by atoms with van der Waals surface area (Å²) in [5, 5.41) is 4.69. The number of hydrogen-bond acceptors (Lipinski definition) is 6. The van der Waals surface area contributed by atoms with E-state index in [-0.39, 0.29) is 27.9 Å². The maximum atomic E-state index is 13.3. The minimum Gasteiger partial charge on any atom is -0.470 e. The molecular formula is C24H24BrClN6O2. The molecule has 4 rings (SSSR count). The van der Waals surface area contributed by atoms with E-state index in [1.54, 1.807) is 23.9 Å². The van der Waals surface area contributed by atoms with Gasteiger partial charge in [0.1, 0.15) is 22.7 Å². The summed E-state index contributed by atoms with van der Waals surface area (Å²) in [5.74, 6) is 1.36. The van der Waals surface area contributed by atoms with Gasteiger partial charge in [-0.3, -0.25) is 14.0 Å². The van der Waals surface area contributed by atoms with E-state index in [9.17, 15) is 4.79 Å². The predicted octanol–water partition coefficient (Wildman–Crippen LogP) is 5.02. The van der Waals surface area contributed by atoms with Crippen LogP contribution in [0.4, 0.5) is 0 Å². The summed E-state index contributed by atoms with van der Waals surface area (Å²) in [6, 6.07) is 9.12. The number of aryl methyl sites for hydroxylation is 2. The van der Waals surface area contributed by atoms with Gasteiger partial charge in [-0.05, 0) is 47.1 Å². The lowest BCUT2D eigenvalue weighted by atomic mass is 9.95. The molecular weight excluding hydrogens is 520 g/mol. The third kappa shape index (κ3) is 4.90. The van der Waals surface area contributed by atoms with Gasteiger partial charge >= 0.3 is 0 Å². The SMILES string of the molecule is Cc1nc(OCc2ccn(C)n2)c(Br)c(=O)n1-c1cc(-c2ccnc(C(C)(C)C)n2)ccc1Cl. The third-order valence-electron chi connectivity index (χ3n) is 5.10. The largest absolute Gasteiger partial charge is 0.470 e. The van der Waals surface area contributed by atoms with Gasteiger partial charge in [0.2, 0.25) is 5.88 Å². The highest BCUT2D eigenvalue weighted by Crippen LogP contribution is 2.29. The molecule has 8 nitrogen and oxygen atoms in total. The first-order valence-electron chi connectivity index (χ1n) is 10.6. The Morgan fingerprint density at radius 2 is 1.91 bits per heavy atom. The van der Waals surface area contributed by atoms with Crippen LogP contribution in [0.5, 0.6) is 5.88 Å². The molecule has 0 N–H and O–H groups in total. The molecule has 0 amide bonds. The number of nitrogens with zero attached hydrogens (tertiary/aromatic N) is 6. The highest BCUT2D eigenvalue weighted by molar-refractivity contribution is 9.10. The van der Waals surface area contributed by atoms with E-state index in [2.05, 4.69) is 51.8 Å². The molecule has 0 radical (unpaired) electrons. The van der Waals surface area contributed by atoms with E-state index in [0.717, 1.165) is 22.8 Å². The van der Waals surface area contributed by atoms with Gasteiger partial charge < -0.3 is 4.74 Å². The maximum absolute atomic E-state index is 13.3. The van der Waals surface area contributed by atoms with Crippen LogP contribution in [0.15, 0.2) is 52.0 Å². The van der Waals surface area contributed by atoms with Crippen molar-refractivity contribution in [2.75, 3.05) is 0 Å². The second-order valence-corrected chi connectivity index (χ2v) is 10.1. The van der Waals surface area contributed by atoms with Crippen LogP contribution in [0.1, 0.15) is 38.1 Å². The number of ether oxygens (including phenoxy) is 1. The summed E-state index contributed by atoms with van der Waals surface area (Å²) in [5.41, 5.74) is 2.26. The van der Waals surface area contributed by atoms with E-state index >= 15 is 0 Å². The zero-order valence-electron chi connectivity index (χ0n) is 19.5. The fraction of sp³-hybridized carbons (Fsp3) is 0.292. The summed E-state index contributed by atoms with van der Waals surface area (Å²) in [4.78, 5) is 26.9. The molecule has 0 aliphatic carbocycles. The van der Waals surface area contributed by atoms with Crippen molar-refractivity contribution in [2.45, 2.75) is 39.7 Å². The highest BCUT2D eigenvalue weighted by atomic mass is 79.9. The summed E-state index contributed by atoms with van der Waals surface area (Å²) >= 11 is 9.87. The Bertz CT molecular complexity index is 1420. The van der Waals surface area contributed by atoms with Crippen LogP contribution >= 0.6 is 27.5 Å². The third-order valence-corrected chi connectivity index (χ3v) is 6.10. The fourth-order valence-corrected chi connectivity index (χ4v) is 3.95. The van der Waals surface area contributed by atoms with Crippen molar-refractivity contribution in [2.24, 2.45) is 7.05 Å². The topological polar surface area (TPSA) is 87.7 Å². The van der Waals surface area contributed by atoms with Crippen molar-refractivity contribution in [3.8, 4) is 22.8 Å². The van der Waals surface area contributed by atoms with Crippen LogP contribution < -0.4 is 10.3 Å². The molecule has 3 heterocycles. The van der Waals surface area contributed by atoms with Gasteiger partial charge in [-0.1, -0.05) is 38.4 Å². The predicted molar refractivity (Wildman–Crippen MR) is 135 cm³/mol. The summed E-state index contributed by atoms with van der Waals surface area (Å²) in [6.45, 7) is 8.09. The Labute approximate surface area is 210 Å². The van der Waals surface area contributed by atoms with Gasteiger partial charge in [0.15, 0.2) is 0 Å². The van der Waals surface area contributed by atoms with Crippen molar-refractivity contribution < 1.29 is 4.74 Å². The van der Waals surface area contributed by atoms with Gasteiger partial charge in [0.05, 0.1) is 22.1 Å². The Morgan fingerprint density at radius 1 is 1.15 bits per heavy atom. The quantitative estimate of drug-likeness (QED) is 0.351. The maximum Gasteiger partial charge on any atom is 0.276 e. The first kappa shape index (κ1) is 24.1. The molecule has 0 fully saturated rings. The van der Waals surface area contributed by atoms with E-state index < -0.39 is 0 Å². The Kier molecular flexibility index (Phi) is 6.60. The smallest absolute Gasteiger partial charge is 0.276 e. The molecule has 0 spiro atoms. The van der Waals surface area contributed by atoms with E-state index in [1.807, 2.05) is 37.5 Å². The van der Waals surface area contributed by atoms with Gasteiger partial charge in [-0.15, -0.1) is 0 Å². The van der Waals surface area contributed by atoms with Gasteiger partial charge in [-0.2, -0.15) is 10.1 Å². The first-order chi connectivity index (χ1) is 16.0. The number of aromatic nitrogens is 6. The average Bonchev–Trinajstić information content (AvgIpc) is 3.21. The molecule has 1 aromatic carbocycles. The summed E-state index contributed by atoms with van der Waals surface area (Å²) in [7, 11) is 1.83. The van der Waals surface area contributed by atoms with Crippen LogP contribution in [0, 0.1) is 6.92 Å². The average molecular weight is 544 g/mol. The van der Waals surface area contributed by atoms with Crippen molar-refractivity contribution in [1.82, 2.24) is 29.3 Å². The molecule has 0 aliphatic heterocycles. The summed E-state index contributed by atoms with van der Waals surface area (Å²) in [6.07, 6.45) is 3.56. The normalized spacial score (nSPS) is 11.6. The molecule has 10 heteroatoms. The lowest BCUT2D eigenvalue weighted by molar-refractivity contribution is 0.283. The van der Waals surface area contributed by atoms with Crippen LogP contribution in [-0.2, 0) is 19.1 Å². The van der Waals surface area contributed by atoms with Crippen molar-refractivity contribution in [3.05, 3.63) is 79.9 Å². The number of rotatable bonds is 5. The fourth-order valence-electron chi connectivity index (χ4n) is 3.37. The number of benzene rings is 1. The second-order valence-electron chi connectivity index (χ2n) is 8.87. The number of halogens is 2. The Hall–Kier alpha value is -3.04. The van der Waals surface area contributed by atoms with Crippen molar-refractivity contribution in [3.63, 3.8) is 0 Å². The van der Waals surface area contributed by atoms with Gasteiger partial charge in [0.25, 0.3) is 5.56 Å². The lowest BCUT2D eigenvalue weighted by Gasteiger charge is -2.18. The van der Waals surface area contributed by atoms with E-state index in [4.69, 9.17) is 21.3 Å². The summed E-state index contributed by atoms with van der Waals surface area (Å²) < 4.78 is 9.10. The van der Waals surface area contributed by atoms with E-state index in [1.165, 1.54) is 4.57 Å². The van der Waals surface area contributed by atoms with E-state index in [0.29, 0.717) is 16.5 Å². The monoisotopic (exact) mass is 542 g/mol. The van der Waals surface area contributed by atoms with Crippen LogP contribution in [0.3, 0.4) is 0 Å². The lowest BCUT2D eigenvalue weighted by Crippen LogP contribution is -2.24. The van der Waals surface area contributed by atoms with Crippen LogP contribution in [0.25, 0.3) is 16.9 Å².